The van der Waals surface area contributed by atoms with E-state index in [9.17, 15) is 0 Å². The Balaban J connectivity index is 1.08. The maximum Gasteiger partial charge on any atom is 0.136 e. The molecule has 0 aliphatic heterocycles. The third-order valence-corrected chi connectivity index (χ3v) is 15.9. The Morgan fingerprint density at radius 3 is 1.73 bits per heavy atom. The van der Waals surface area contributed by atoms with Crippen molar-refractivity contribution in [2.45, 2.75) is 70.1 Å². The van der Waals surface area contributed by atoms with Crippen LogP contribution in [0.2, 0.25) is 0 Å². The summed E-state index contributed by atoms with van der Waals surface area (Å²) in [6.45, 7) is 16.4. The van der Waals surface area contributed by atoms with Crippen LogP contribution in [0.5, 0.6) is 0 Å². The van der Waals surface area contributed by atoms with Gasteiger partial charge in [-0.15, -0.1) is 0 Å². The maximum atomic E-state index is 6.75. The topological polar surface area (TPSA) is 16.4 Å². The van der Waals surface area contributed by atoms with E-state index in [4.69, 9.17) is 4.42 Å². The van der Waals surface area contributed by atoms with Crippen molar-refractivity contribution in [2.24, 2.45) is 0 Å². The molecule has 0 amide bonds. The molecular weight excluding hydrogens is 811 g/mol. The number of hydrogen-bond donors (Lipinski definition) is 0. The van der Waals surface area contributed by atoms with Crippen LogP contribution < -0.4 is 4.90 Å². The summed E-state index contributed by atoms with van der Waals surface area (Å²) in [4.78, 5) is 2.57. The first kappa shape index (κ1) is 39.9. The minimum absolute atomic E-state index is 0.0141. The second-order valence-electron chi connectivity index (χ2n) is 21.2. The number of rotatable bonds is 5. The van der Waals surface area contributed by atoms with Gasteiger partial charge in [-0.1, -0.05) is 200 Å². The van der Waals surface area contributed by atoms with Crippen molar-refractivity contribution in [3.63, 3.8) is 0 Å². The van der Waals surface area contributed by atoms with Crippen molar-refractivity contribution in [1.82, 2.24) is 0 Å². The molecule has 0 atom stereocenters. The molecule has 0 fully saturated rings. The average molecular weight is 864 g/mol. The summed E-state index contributed by atoms with van der Waals surface area (Å²) in [6, 6.07) is 73.2. The van der Waals surface area contributed by atoms with Gasteiger partial charge >= 0.3 is 0 Å². The van der Waals surface area contributed by atoms with Crippen LogP contribution in [0.1, 0.15) is 98.5 Å². The summed E-state index contributed by atoms with van der Waals surface area (Å²) in [7, 11) is 0. The van der Waals surface area contributed by atoms with Crippen molar-refractivity contribution in [3.05, 3.63) is 244 Å². The maximum absolute atomic E-state index is 6.75. The van der Waals surface area contributed by atoms with Gasteiger partial charge in [-0.25, -0.2) is 0 Å². The lowest BCUT2D eigenvalue weighted by atomic mass is 9.67. The molecule has 13 rings (SSSR count). The average Bonchev–Trinajstić information content (AvgIpc) is 4.01. The summed E-state index contributed by atoms with van der Waals surface area (Å²) >= 11 is 0. The van der Waals surface area contributed by atoms with E-state index in [-0.39, 0.29) is 16.2 Å². The number of benzene rings is 9. The Labute approximate surface area is 394 Å². The van der Waals surface area contributed by atoms with Crippen molar-refractivity contribution in [2.75, 3.05) is 4.90 Å². The molecule has 0 radical (unpaired) electrons. The van der Waals surface area contributed by atoms with Gasteiger partial charge in [0.25, 0.3) is 0 Å². The zero-order valence-electron chi connectivity index (χ0n) is 39.3. The van der Waals surface area contributed by atoms with Gasteiger partial charge in [0.05, 0.1) is 11.1 Å². The number of fused-ring (bicyclic) bond motifs is 13. The summed E-state index contributed by atoms with van der Waals surface area (Å²) < 4.78 is 6.75. The molecule has 0 saturated carbocycles. The molecule has 1 heterocycles. The van der Waals surface area contributed by atoms with Crippen LogP contribution in [0.25, 0.3) is 55.3 Å². The first-order valence-corrected chi connectivity index (χ1v) is 23.9. The first-order chi connectivity index (χ1) is 32.4. The fraction of sp³-hybridized carbons (Fsp3) is 0.169. The predicted molar refractivity (Wildman–Crippen MR) is 280 cm³/mol. The highest BCUT2D eigenvalue weighted by Gasteiger charge is 2.47. The van der Waals surface area contributed by atoms with Gasteiger partial charge in [0, 0.05) is 33.0 Å². The summed E-state index contributed by atoms with van der Waals surface area (Å²) in [5.41, 5.74) is 23.8. The van der Waals surface area contributed by atoms with Crippen molar-refractivity contribution >= 4 is 39.0 Å². The smallest absolute Gasteiger partial charge is 0.136 e. The van der Waals surface area contributed by atoms with E-state index in [1.54, 1.807) is 0 Å². The number of hydrogen-bond acceptors (Lipinski definition) is 2. The van der Waals surface area contributed by atoms with Gasteiger partial charge in [0.15, 0.2) is 0 Å². The van der Waals surface area contributed by atoms with E-state index in [1.807, 2.05) is 0 Å². The Morgan fingerprint density at radius 2 is 1.01 bits per heavy atom. The van der Waals surface area contributed by atoms with Gasteiger partial charge < -0.3 is 9.32 Å². The Hall–Kier alpha value is -7.42. The second kappa shape index (κ2) is 13.8. The number of furan rings is 1. The summed E-state index contributed by atoms with van der Waals surface area (Å²) in [6.07, 6.45) is 0. The molecule has 2 heteroatoms. The number of nitrogens with zero attached hydrogens (tertiary/aromatic N) is 1. The molecule has 0 spiro atoms. The lowest BCUT2D eigenvalue weighted by molar-refractivity contribution is 0.587. The minimum Gasteiger partial charge on any atom is -0.456 e. The SMILES string of the molecule is CC(C)(C)c1ccc2c(c1)oc1ccc3c(c12)-c1cccc(N(c2cccc(C4(c5ccccc5)c5ccccc5-c5ccccc54)c2)c2ccc4c(c2)C(C)(C)c2ccccc2-4)c1C3(C)C. The van der Waals surface area contributed by atoms with Gasteiger partial charge in [-0.3, -0.25) is 0 Å². The summed E-state index contributed by atoms with van der Waals surface area (Å²) in [5.74, 6) is 0. The van der Waals surface area contributed by atoms with E-state index in [2.05, 4.69) is 247 Å². The zero-order valence-corrected chi connectivity index (χ0v) is 39.3. The Kier molecular flexibility index (Phi) is 8.23. The molecule has 10 aromatic rings. The largest absolute Gasteiger partial charge is 0.456 e. The van der Waals surface area contributed by atoms with Crippen LogP contribution >= 0.6 is 0 Å². The fourth-order valence-electron chi connectivity index (χ4n) is 12.7. The van der Waals surface area contributed by atoms with Crippen LogP contribution in [0, 0.1) is 0 Å². The van der Waals surface area contributed by atoms with Crippen LogP contribution in [-0.2, 0) is 21.7 Å². The van der Waals surface area contributed by atoms with Crippen LogP contribution in [-0.4, -0.2) is 0 Å². The zero-order chi connectivity index (χ0) is 45.6. The predicted octanol–water partition coefficient (Wildman–Crippen LogP) is 17.3. The highest BCUT2D eigenvalue weighted by Crippen LogP contribution is 2.60. The molecule has 67 heavy (non-hydrogen) atoms. The van der Waals surface area contributed by atoms with Crippen molar-refractivity contribution < 1.29 is 4.42 Å². The third kappa shape index (κ3) is 5.39. The van der Waals surface area contributed by atoms with Gasteiger partial charge in [-0.2, -0.15) is 0 Å². The number of anilines is 3. The quantitative estimate of drug-likeness (QED) is 0.171. The van der Waals surface area contributed by atoms with Crippen LogP contribution in [0.3, 0.4) is 0 Å². The van der Waals surface area contributed by atoms with Crippen LogP contribution in [0.4, 0.5) is 17.1 Å². The molecule has 2 nitrogen and oxygen atoms in total. The molecule has 9 aromatic carbocycles. The van der Waals surface area contributed by atoms with E-state index in [1.165, 1.54) is 99.9 Å². The lowest BCUT2D eigenvalue weighted by Gasteiger charge is -2.36. The van der Waals surface area contributed by atoms with Crippen molar-refractivity contribution in [1.29, 1.82) is 0 Å². The molecule has 324 valence electrons. The van der Waals surface area contributed by atoms with Gasteiger partial charge in [-0.05, 0) is 131 Å². The van der Waals surface area contributed by atoms with Crippen LogP contribution in [0.15, 0.2) is 199 Å². The van der Waals surface area contributed by atoms with E-state index in [0.717, 1.165) is 22.5 Å². The Bertz CT molecular complexity index is 3640. The molecule has 0 unspecified atom stereocenters. The highest BCUT2D eigenvalue weighted by molar-refractivity contribution is 6.15. The molecule has 0 bridgehead atoms. The molecular formula is C65H53NO. The van der Waals surface area contributed by atoms with E-state index < -0.39 is 5.41 Å². The molecule has 0 N–H and O–H groups in total. The first-order valence-electron chi connectivity index (χ1n) is 23.9. The summed E-state index contributed by atoms with van der Waals surface area (Å²) in [5, 5.41) is 2.37. The lowest BCUT2D eigenvalue weighted by Crippen LogP contribution is -2.29. The fourth-order valence-corrected chi connectivity index (χ4v) is 12.7. The monoisotopic (exact) mass is 863 g/mol. The molecule has 0 saturated heterocycles. The standard InChI is InChI=1S/C65H53NO/c1-62(2,3)41-31-33-49-58(38-41)67-57-36-35-54-59(60(49)57)50-26-18-30-56(61(50)64(54,6)7)66(44-32-34-48-45-23-11-14-27-51(45)63(4,5)55(48)39-44)43-22-17-21-42(37-43)65(40-19-9-8-10-20-40)52-28-15-12-24-46(52)47-25-13-16-29-53(47)65/h8-39H,1-7H3. The normalized spacial score (nSPS) is 15.4. The molecule has 3 aliphatic rings. The van der Waals surface area contributed by atoms with Gasteiger partial charge in [0.2, 0.25) is 0 Å². The molecule has 1 aromatic heterocycles. The third-order valence-electron chi connectivity index (χ3n) is 15.9. The van der Waals surface area contributed by atoms with E-state index >= 15 is 0 Å². The molecule has 3 aliphatic carbocycles. The van der Waals surface area contributed by atoms with Crippen molar-refractivity contribution in [3.8, 4) is 33.4 Å². The van der Waals surface area contributed by atoms with E-state index in [0.29, 0.717) is 0 Å². The highest BCUT2D eigenvalue weighted by atomic mass is 16.3. The Morgan fingerprint density at radius 1 is 0.418 bits per heavy atom. The minimum atomic E-state index is -0.535. The second-order valence-corrected chi connectivity index (χ2v) is 21.2. The van der Waals surface area contributed by atoms with Gasteiger partial charge in [0.1, 0.15) is 11.2 Å².